The van der Waals surface area contributed by atoms with Gasteiger partial charge in [0.05, 0.1) is 5.92 Å². The molecule has 1 aromatic rings. The highest BCUT2D eigenvalue weighted by molar-refractivity contribution is 5.69. The second-order valence-corrected chi connectivity index (χ2v) is 5.07. The second kappa shape index (κ2) is 6.55. The van der Waals surface area contributed by atoms with E-state index in [1.807, 2.05) is 0 Å². The maximum absolute atomic E-state index is 10.7. The largest absolute Gasteiger partial charge is 0.481 e. The van der Waals surface area contributed by atoms with Gasteiger partial charge in [-0.2, -0.15) is 0 Å². The molecule has 0 saturated carbocycles. The van der Waals surface area contributed by atoms with Crippen molar-refractivity contribution in [2.24, 2.45) is 5.92 Å². The van der Waals surface area contributed by atoms with E-state index in [9.17, 15) is 4.79 Å². The van der Waals surface area contributed by atoms with Gasteiger partial charge < -0.3 is 10.4 Å². The normalized spacial score (nSPS) is 12.4. The van der Waals surface area contributed by atoms with Gasteiger partial charge in [-0.1, -0.05) is 24.6 Å². The molecule has 0 heterocycles. The second-order valence-electron chi connectivity index (χ2n) is 5.07. The molecule has 0 fully saturated rings. The molecule has 1 aromatic carbocycles. The Morgan fingerprint density at radius 3 is 2.33 bits per heavy atom. The predicted molar refractivity (Wildman–Crippen MR) is 74.0 cm³/mol. The van der Waals surface area contributed by atoms with Crippen LogP contribution in [0.2, 0.25) is 0 Å². The lowest BCUT2D eigenvalue weighted by Crippen LogP contribution is -2.28. The minimum Gasteiger partial charge on any atom is -0.481 e. The molecule has 0 bridgehead atoms. The summed E-state index contributed by atoms with van der Waals surface area (Å²) in [7, 11) is 0. The molecule has 18 heavy (non-hydrogen) atoms. The van der Waals surface area contributed by atoms with Crippen molar-refractivity contribution in [1.29, 1.82) is 0 Å². The fourth-order valence-corrected chi connectivity index (χ4v) is 2.22. The fourth-order valence-electron chi connectivity index (χ4n) is 2.22. The average Bonchev–Trinajstić information content (AvgIpc) is 2.26. The van der Waals surface area contributed by atoms with E-state index >= 15 is 0 Å². The molecule has 0 aliphatic carbocycles. The van der Waals surface area contributed by atoms with Crippen LogP contribution in [0.5, 0.6) is 0 Å². The van der Waals surface area contributed by atoms with Crippen LogP contribution in [0.3, 0.4) is 0 Å². The quantitative estimate of drug-likeness (QED) is 0.761. The summed E-state index contributed by atoms with van der Waals surface area (Å²) in [4.78, 5) is 10.7. The fraction of sp³-hybridized carbons (Fsp3) is 0.533. The van der Waals surface area contributed by atoms with Crippen molar-refractivity contribution < 1.29 is 9.90 Å². The van der Waals surface area contributed by atoms with Crippen molar-refractivity contribution in [1.82, 2.24) is 5.32 Å². The molecule has 3 nitrogen and oxygen atoms in total. The van der Waals surface area contributed by atoms with Gasteiger partial charge >= 0.3 is 5.97 Å². The molecule has 0 aliphatic rings. The Hall–Kier alpha value is -1.35. The molecule has 0 aliphatic heterocycles. The molecule has 0 spiro atoms. The first-order valence-electron chi connectivity index (χ1n) is 6.42. The molecule has 1 unspecified atom stereocenters. The van der Waals surface area contributed by atoms with E-state index < -0.39 is 5.97 Å². The van der Waals surface area contributed by atoms with Gasteiger partial charge in [0.25, 0.3) is 0 Å². The number of benzene rings is 1. The van der Waals surface area contributed by atoms with E-state index in [1.54, 1.807) is 6.92 Å². The number of hydrogen-bond acceptors (Lipinski definition) is 2. The Morgan fingerprint density at radius 2 is 1.83 bits per heavy atom. The van der Waals surface area contributed by atoms with Gasteiger partial charge in [0, 0.05) is 6.54 Å². The van der Waals surface area contributed by atoms with E-state index in [4.69, 9.17) is 5.11 Å². The highest BCUT2D eigenvalue weighted by atomic mass is 16.4. The summed E-state index contributed by atoms with van der Waals surface area (Å²) < 4.78 is 0. The Labute approximate surface area is 109 Å². The zero-order valence-electron chi connectivity index (χ0n) is 11.7. The molecular formula is C15H23NO2. The van der Waals surface area contributed by atoms with Crippen molar-refractivity contribution in [2.75, 3.05) is 13.1 Å². The van der Waals surface area contributed by atoms with E-state index in [2.05, 4.69) is 38.2 Å². The highest BCUT2D eigenvalue weighted by Crippen LogP contribution is 2.16. The Balaban J connectivity index is 2.47. The van der Waals surface area contributed by atoms with E-state index in [1.165, 1.54) is 22.3 Å². The van der Waals surface area contributed by atoms with Crippen LogP contribution in [0.1, 0.15) is 29.2 Å². The molecule has 0 aromatic heterocycles. The number of aryl methyl sites for hydroxylation is 3. The van der Waals surface area contributed by atoms with E-state index in [0.717, 1.165) is 13.0 Å². The van der Waals surface area contributed by atoms with Gasteiger partial charge in [0.2, 0.25) is 0 Å². The number of carbonyl (C=O) groups is 1. The van der Waals surface area contributed by atoms with Gasteiger partial charge in [0.15, 0.2) is 0 Å². The van der Waals surface area contributed by atoms with Crippen LogP contribution < -0.4 is 5.32 Å². The average molecular weight is 249 g/mol. The number of carboxylic acid groups (broad SMARTS) is 1. The van der Waals surface area contributed by atoms with Crippen LogP contribution in [0.15, 0.2) is 12.1 Å². The summed E-state index contributed by atoms with van der Waals surface area (Å²) >= 11 is 0. The third kappa shape index (κ3) is 4.15. The molecule has 3 heteroatoms. The summed E-state index contributed by atoms with van der Waals surface area (Å²) in [5.74, 6) is -1.07. The van der Waals surface area contributed by atoms with Crippen LogP contribution in [-0.2, 0) is 11.2 Å². The first-order valence-corrected chi connectivity index (χ1v) is 6.42. The monoisotopic (exact) mass is 249 g/mol. The van der Waals surface area contributed by atoms with Gasteiger partial charge in [-0.05, 0) is 50.4 Å². The summed E-state index contributed by atoms with van der Waals surface area (Å²) in [5.41, 5.74) is 5.30. The molecule has 2 N–H and O–H groups in total. The summed E-state index contributed by atoms with van der Waals surface area (Å²) in [6.07, 6.45) is 0.949. The molecule has 0 amide bonds. The first kappa shape index (κ1) is 14.7. The minimum absolute atomic E-state index is 0.329. The van der Waals surface area contributed by atoms with E-state index in [-0.39, 0.29) is 5.92 Å². The number of carboxylic acids is 1. The summed E-state index contributed by atoms with van der Waals surface area (Å²) in [6.45, 7) is 9.44. The van der Waals surface area contributed by atoms with Gasteiger partial charge in [-0.15, -0.1) is 0 Å². The molecule has 0 radical (unpaired) electrons. The van der Waals surface area contributed by atoms with Crippen molar-refractivity contribution in [3.63, 3.8) is 0 Å². The first-order chi connectivity index (χ1) is 8.41. The maximum Gasteiger partial charge on any atom is 0.307 e. The highest BCUT2D eigenvalue weighted by Gasteiger charge is 2.09. The predicted octanol–water partition coefficient (Wildman–Crippen LogP) is 2.46. The zero-order valence-corrected chi connectivity index (χ0v) is 11.7. The topological polar surface area (TPSA) is 49.3 Å². The van der Waals surface area contributed by atoms with Crippen molar-refractivity contribution >= 4 is 5.97 Å². The van der Waals surface area contributed by atoms with Crippen molar-refractivity contribution in [3.8, 4) is 0 Å². The Bertz CT molecular complexity index is 403. The van der Waals surface area contributed by atoms with Crippen LogP contribution in [0.25, 0.3) is 0 Å². The summed E-state index contributed by atoms with van der Waals surface area (Å²) in [5, 5.41) is 12.0. The van der Waals surface area contributed by atoms with Crippen molar-refractivity contribution in [2.45, 2.75) is 34.1 Å². The smallest absolute Gasteiger partial charge is 0.307 e. The standard InChI is InChI=1S/C15H23NO2/c1-10-7-11(2)14(12(3)8-10)5-6-16-9-13(4)15(17)18/h7-8,13,16H,5-6,9H2,1-4H3,(H,17,18). The maximum atomic E-state index is 10.7. The lowest BCUT2D eigenvalue weighted by Gasteiger charge is -2.13. The lowest BCUT2D eigenvalue weighted by molar-refractivity contribution is -0.140. The SMILES string of the molecule is Cc1cc(C)c(CCNCC(C)C(=O)O)c(C)c1. The molecule has 1 atom stereocenters. The van der Waals surface area contributed by atoms with Crippen LogP contribution >= 0.6 is 0 Å². The van der Waals surface area contributed by atoms with E-state index in [0.29, 0.717) is 6.54 Å². The minimum atomic E-state index is -0.745. The Kier molecular flexibility index (Phi) is 5.35. The summed E-state index contributed by atoms with van der Waals surface area (Å²) in [6, 6.07) is 4.39. The van der Waals surface area contributed by atoms with Gasteiger partial charge in [0.1, 0.15) is 0 Å². The zero-order chi connectivity index (χ0) is 13.7. The number of aliphatic carboxylic acids is 1. The molecular weight excluding hydrogens is 226 g/mol. The van der Waals surface area contributed by atoms with Gasteiger partial charge in [-0.25, -0.2) is 0 Å². The number of hydrogen-bond donors (Lipinski definition) is 2. The number of nitrogens with one attached hydrogen (secondary N) is 1. The van der Waals surface area contributed by atoms with Crippen LogP contribution in [0, 0.1) is 26.7 Å². The third-order valence-electron chi connectivity index (χ3n) is 3.26. The molecule has 0 saturated heterocycles. The number of rotatable bonds is 6. The lowest BCUT2D eigenvalue weighted by atomic mass is 9.97. The van der Waals surface area contributed by atoms with Crippen LogP contribution in [0.4, 0.5) is 0 Å². The molecule has 1 rings (SSSR count). The Morgan fingerprint density at radius 1 is 1.28 bits per heavy atom. The molecule has 100 valence electrons. The third-order valence-corrected chi connectivity index (χ3v) is 3.26. The van der Waals surface area contributed by atoms with Crippen LogP contribution in [-0.4, -0.2) is 24.2 Å². The van der Waals surface area contributed by atoms with Crippen molar-refractivity contribution in [3.05, 3.63) is 34.4 Å². The van der Waals surface area contributed by atoms with Gasteiger partial charge in [-0.3, -0.25) is 4.79 Å².